The molecule has 0 amide bonds. The number of hydrogen-bond acceptors (Lipinski definition) is 6. The van der Waals surface area contributed by atoms with Crippen LogP contribution in [0.5, 0.6) is 11.5 Å². The molecular formula is C16H24ClN3O3. The van der Waals surface area contributed by atoms with E-state index >= 15 is 0 Å². The van der Waals surface area contributed by atoms with Gasteiger partial charge in [0, 0.05) is 18.0 Å². The quantitative estimate of drug-likeness (QED) is 0.795. The van der Waals surface area contributed by atoms with Crippen LogP contribution in [0.3, 0.4) is 0 Å². The molecule has 1 aromatic heterocycles. The van der Waals surface area contributed by atoms with Gasteiger partial charge in [-0.1, -0.05) is 5.16 Å². The molecule has 0 bridgehead atoms. The summed E-state index contributed by atoms with van der Waals surface area (Å²) in [5.74, 6) is 2.58. The summed E-state index contributed by atoms with van der Waals surface area (Å²) >= 11 is 0. The number of likely N-dealkylation sites (N-methyl/N-ethyl adjacent to an activating group) is 1. The standard InChI is InChI=1S/C16H23N3O3.ClH/c1-5-20-13-8-7-12(10-14(13)21-6-2)16-18-15(19-22-16)9-11(3)17-4;/h7-8,10-11,17H,5-6,9H2,1-4H3;1H. The van der Waals surface area contributed by atoms with E-state index < -0.39 is 0 Å². The molecule has 128 valence electrons. The van der Waals surface area contributed by atoms with E-state index in [0.717, 1.165) is 17.7 Å². The van der Waals surface area contributed by atoms with Crippen LogP contribution >= 0.6 is 12.4 Å². The predicted molar refractivity (Wildman–Crippen MR) is 91.5 cm³/mol. The van der Waals surface area contributed by atoms with Gasteiger partial charge in [0.2, 0.25) is 0 Å². The highest BCUT2D eigenvalue weighted by Gasteiger charge is 2.14. The molecule has 6 nitrogen and oxygen atoms in total. The van der Waals surface area contributed by atoms with Gasteiger partial charge in [0.15, 0.2) is 17.3 Å². The van der Waals surface area contributed by atoms with Gasteiger partial charge in [-0.2, -0.15) is 4.98 Å². The van der Waals surface area contributed by atoms with Crippen LogP contribution < -0.4 is 14.8 Å². The minimum atomic E-state index is 0. The van der Waals surface area contributed by atoms with E-state index in [1.54, 1.807) is 0 Å². The van der Waals surface area contributed by atoms with Crippen LogP contribution in [0.4, 0.5) is 0 Å². The Balaban J connectivity index is 0.00000264. The molecule has 2 rings (SSSR count). The number of nitrogens with one attached hydrogen (secondary N) is 1. The van der Waals surface area contributed by atoms with E-state index in [1.165, 1.54) is 0 Å². The van der Waals surface area contributed by atoms with E-state index in [1.807, 2.05) is 39.1 Å². The first-order chi connectivity index (χ1) is 10.7. The second-order valence-corrected chi connectivity index (χ2v) is 4.94. The molecule has 0 saturated carbocycles. The molecule has 0 spiro atoms. The molecule has 1 aromatic carbocycles. The molecule has 23 heavy (non-hydrogen) atoms. The van der Waals surface area contributed by atoms with Gasteiger partial charge in [-0.05, 0) is 46.0 Å². The maximum absolute atomic E-state index is 5.62. The lowest BCUT2D eigenvalue weighted by molar-refractivity contribution is 0.288. The summed E-state index contributed by atoms with van der Waals surface area (Å²) in [5, 5.41) is 7.17. The highest BCUT2D eigenvalue weighted by Crippen LogP contribution is 2.32. The number of nitrogens with zero attached hydrogens (tertiary/aromatic N) is 2. The van der Waals surface area contributed by atoms with Gasteiger partial charge < -0.3 is 19.3 Å². The maximum atomic E-state index is 5.62. The normalized spacial score (nSPS) is 11.7. The van der Waals surface area contributed by atoms with Crippen molar-refractivity contribution >= 4 is 12.4 Å². The Hall–Kier alpha value is -1.79. The Labute approximate surface area is 143 Å². The van der Waals surface area contributed by atoms with Crippen LogP contribution in [0.1, 0.15) is 26.6 Å². The van der Waals surface area contributed by atoms with Gasteiger partial charge in [0.25, 0.3) is 5.89 Å². The van der Waals surface area contributed by atoms with Crippen LogP contribution in [-0.2, 0) is 6.42 Å². The van der Waals surface area contributed by atoms with Gasteiger partial charge in [-0.15, -0.1) is 12.4 Å². The van der Waals surface area contributed by atoms with E-state index in [0.29, 0.717) is 36.7 Å². The summed E-state index contributed by atoms with van der Waals surface area (Å²) in [5.41, 5.74) is 0.822. The van der Waals surface area contributed by atoms with Gasteiger partial charge in [-0.3, -0.25) is 0 Å². The second kappa shape index (κ2) is 9.37. The number of rotatable bonds is 8. The molecule has 1 N–H and O–H groups in total. The molecule has 0 aliphatic carbocycles. The molecule has 0 aliphatic rings. The Morgan fingerprint density at radius 3 is 2.52 bits per heavy atom. The fourth-order valence-electron chi connectivity index (χ4n) is 2.01. The Morgan fingerprint density at radius 1 is 1.17 bits per heavy atom. The number of halogens is 1. The van der Waals surface area contributed by atoms with Crippen molar-refractivity contribution in [2.24, 2.45) is 0 Å². The minimum absolute atomic E-state index is 0. The number of benzene rings is 1. The SMILES string of the molecule is CCOc1ccc(-c2nc(CC(C)NC)no2)cc1OCC.Cl. The molecule has 0 fully saturated rings. The first-order valence-corrected chi connectivity index (χ1v) is 7.57. The number of ether oxygens (including phenoxy) is 2. The molecular weight excluding hydrogens is 318 g/mol. The smallest absolute Gasteiger partial charge is 0.258 e. The van der Waals surface area contributed by atoms with Crippen LogP contribution in [0, 0.1) is 0 Å². The van der Waals surface area contributed by atoms with Gasteiger partial charge in [-0.25, -0.2) is 0 Å². The maximum Gasteiger partial charge on any atom is 0.258 e. The molecule has 0 radical (unpaired) electrons. The first-order valence-electron chi connectivity index (χ1n) is 7.57. The molecule has 1 unspecified atom stereocenters. The van der Waals surface area contributed by atoms with Crippen LogP contribution in [0.25, 0.3) is 11.5 Å². The molecule has 0 saturated heterocycles. The van der Waals surface area contributed by atoms with Gasteiger partial charge in [0.1, 0.15) is 0 Å². The third kappa shape index (κ3) is 5.11. The first kappa shape index (κ1) is 19.3. The van der Waals surface area contributed by atoms with Crippen molar-refractivity contribution in [3.63, 3.8) is 0 Å². The summed E-state index contributed by atoms with van der Waals surface area (Å²) in [6, 6.07) is 5.92. The van der Waals surface area contributed by atoms with Crippen molar-refractivity contribution < 1.29 is 14.0 Å². The zero-order valence-corrected chi connectivity index (χ0v) is 14.8. The highest BCUT2D eigenvalue weighted by molar-refractivity contribution is 5.85. The Bertz CT molecular complexity index is 604. The summed E-state index contributed by atoms with van der Waals surface area (Å²) in [4.78, 5) is 4.43. The number of hydrogen-bond donors (Lipinski definition) is 1. The molecule has 1 heterocycles. The zero-order chi connectivity index (χ0) is 15.9. The predicted octanol–water partition coefficient (Wildman–Crippen LogP) is 3.11. The average Bonchev–Trinajstić information content (AvgIpc) is 2.98. The Morgan fingerprint density at radius 2 is 1.87 bits per heavy atom. The van der Waals surface area contributed by atoms with Crippen molar-refractivity contribution in [2.75, 3.05) is 20.3 Å². The average molecular weight is 342 g/mol. The van der Waals surface area contributed by atoms with Gasteiger partial charge in [0.05, 0.1) is 13.2 Å². The lowest BCUT2D eigenvalue weighted by Crippen LogP contribution is -2.24. The van der Waals surface area contributed by atoms with Crippen LogP contribution in [-0.4, -0.2) is 36.4 Å². The third-order valence-corrected chi connectivity index (χ3v) is 3.24. The van der Waals surface area contributed by atoms with Crippen molar-refractivity contribution in [1.82, 2.24) is 15.5 Å². The minimum Gasteiger partial charge on any atom is -0.490 e. The summed E-state index contributed by atoms with van der Waals surface area (Å²) < 4.78 is 16.5. The van der Waals surface area contributed by atoms with E-state index in [2.05, 4.69) is 22.4 Å². The molecule has 0 aliphatic heterocycles. The monoisotopic (exact) mass is 341 g/mol. The van der Waals surface area contributed by atoms with Crippen LogP contribution in [0.15, 0.2) is 22.7 Å². The van der Waals surface area contributed by atoms with E-state index in [4.69, 9.17) is 14.0 Å². The number of aromatic nitrogens is 2. The topological polar surface area (TPSA) is 69.4 Å². The fourth-order valence-corrected chi connectivity index (χ4v) is 2.01. The summed E-state index contributed by atoms with van der Waals surface area (Å²) in [7, 11) is 1.91. The van der Waals surface area contributed by atoms with E-state index in [9.17, 15) is 0 Å². The molecule has 2 aromatic rings. The summed E-state index contributed by atoms with van der Waals surface area (Å²) in [6.45, 7) is 7.10. The summed E-state index contributed by atoms with van der Waals surface area (Å²) in [6.07, 6.45) is 0.718. The van der Waals surface area contributed by atoms with Crippen molar-refractivity contribution in [3.05, 3.63) is 24.0 Å². The van der Waals surface area contributed by atoms with Crippen molar-refractivity contribution in [1.29, 1.82) is 0 Å². The second-order valence-electron chi connectivity index (χ2n) is 4.94. The highest BCUT2D eigenvalue weighted by atomic mass is 35.5. The van der Waals surface area contributed by atoms with E-state index in [-0.39, 0.29) is 12.4 Å². The Kier molecular flexibility index (Phi) is 7.85. The van der Waals surface area contributed by atoms with Crippen molar-refractivity contribution in [2.45, 2.75) is 33.2 Å². The van der Waals surface area contributed by atoms with Gasteiger partial charge >= 0.3 is 0 Å². The van der Waals surface area contributed by atoms with Crippen LogP contribution in [0.2, 0.25) is 0 Å². The zero-order valence-electron chi connectivity index (χ0n) is 14.0. The lowest BCUT2D eigenvalue weighted by atomic mass is 10.2. The lowest BCUT2D eigenvalue weighted by Gasteiger charge is -2.11. The van der Waals surface area contributed by atoms with Crippen molar-refractivity contribution in [3.8, 4) is 23.0 Å². The fraction of sp³-hybridized carbons (Fsp3) is 0.500. The molecule has 7 heteroatoms. The largest absolute Gasteiger partial charge is 0.490 e. The molecule has 1 atom stereocenters. The third-order valence-electron chi connectivity index (χ3n) is 3.24.